The number of esters is 1. The average Bonchev–Trinajstić information content (AvgIpc) is 3.11. The van der Waals surface area contributed by atoms with Gasteiger partial charge < -0.3 is 14.6 Å². The van der Waals surface area contributed by atoms with Gasteiger partial charge in [-0.05, 0) is 67.1 Å². The second-order valence-electron chi connectivity index (χ2n) is 15.1. The molecule has 2 spiro atoms. The number of fused-ring (bicyclic) bond motifs is 3. The summed E-state index contributed by atoms with van der Waals surface area (Å²) in [4.78, 5) is 44.2. The normalized spacial score (nSPS) is 61.5. The Morgan fingerprint density at radius 3 is 2.59 bits per heavy atom. The average molecular weight is 512 g/mol. The highest BCUT2D eigenvalue weighted by atomic mass is 16.6. The summed E-state index contributed by atoms with van der Waals surface area (Å²) in [6.07, 6.45) is 6.22. The highest BCUT2D eigenvalue weighted by molar-refractivity contribution is 5.97. The molecular formula is C30H41NO6. The Bertz CT molecular complexity index is 1140. The maximum absolute atomic E-state index is 14.4. The quantitative estimate of drug-likeness (QED) is 0.540. The summed E-state index contributed by atoms with van der Waals surface area (Å²) >= 11 is 0. The largest absolute Gasteiger partial charge is 0.443 e. The van der Waals surface area contributed by atoms with Crippen molar-refractivity contribution in [3.05, 3.63) is 0 Å². The number of carbonyl (C=O) groups excluding carboxylic acids is 3. The molecule has 0 amide bonds. The third-order valence-corrected chi connectivity index (χ3v) is 13.8. The van der Waals surface area contributed by atoms with Gasteiger partial charge in [0.2, 0.25) is 0 Å². The fourth-order valence-corrected chi connectivity index (χ4v) is 12.5. The van der Waals surface area contributed by atoms with Crippen LogP contribution in [0.1, 0.15) is 79.1 Å². The molecule has 9 aliphatic rings. The van der Waals surface area contributed by atoms with Crippen LogP contribution >= 0.6 is 0 Å². The minimum Gasteiger partial charge on any atom is -0.443 e. The maximum Gasteiger partial charge on any atom is 0.308 e. The van der Waals surface area contributed by atoms with Crippen LogP contribution in [0.2, 0.25) is 0 Å². The van der Waals surface area contributed by atoms with Crippen LogP contribution in [0.15, 0.2) is 0 Å². The van der Waals surface area contributed by atoms with Gasteiger partial charge in [0.25, 0.3) is 0 Å². The summed E-state index contributed by atoms with van der Waals surface area (Å²) in [5.41, 5.74) is -2.54. The predicted molar refractivity (Wildman–Crippen MR) is 132 cm³/mol. The number of rotatable bonds is 1. The fraction of sp³-hybridized carbons (Fsp3) is 0.900. The highest BCUT2D eigenvalue weighted by Gasteiger charge is 2.85. The number of aliphatic hydroxyl groups excluding tert-OH is 1. The number of ether oxygens (including phenoxy) is 2. The predicted octanol–water partition coefficient (Wildman–Crippen LogP) is 3.32. The summed E-state index contributed by atoms with van der Waals surface area (Å²) in [6, 6.07) is 0. The molecule has 7 nitrogen and oxygen atoms in total. The van der Waals surface area contributed by atoms with Gasteiger partial charge in [0, 0.05) is 48.7 Å². The van der Waals surface area contributed by atoms with Gasteiger partial charge in [-0.25, -0.2) is 4.90 Å². The van der Waals surface area contributed by atoms with E-state index in [1.165, 1.54) is 0 Å². The van der Waals surface area contributed by atoms with Gasteiger partial charge in [0.1, 0.15) is 17.3 Å². The standard InChI is InChI=1S/C30H41NO6/c1-15-7-18-12-31-29(9-15,36-18)6-5-27(4)26(3)11-21(33)37-30(27,31)14-28-10-19-17(13-32)8-20(28)22(24(19)35)16(2)23(34)25(26)28/h15-20,22,25,32H,5-14H2,1-4H3. The van der Waals surface area contributed by atoms with Gasteiger partial charge in [-0.2, -0.15) is 0 Å². The first-order chi connectivity index (χ1) is 17.5. The van der Waals surface area contributed by atoms with Crippen molar-refractivity contribution >= 4 is 17.5 Å². The van der Waals surface area contributed by atoms with Crippen molar-refractivity contribution in [2.45, 2.75) is 96.6 Å². The fourth-order valence-electron chi connectivity index (χ4n) is 12.5. The SMILES string of the molecule is CC1CC2CN3C(CCC4(C)C5(C)CC(=O)OC34CC34CC6C(=O)C(C(C)C(=O)C35)C4CC6CO)(C1)O2. The first kappa shape index (κ1) is 23.6. The molecular weight excluding hydrogens is 470 g/mol. The van der Waals surface area contributed by atoms with E-state index in [4.69, 9.17) is 9.47 Å². The Hall–Kier alpha value is -1.31. The summed E-state index contributed by atoms with van der Waals surface area (Å²) in [5, 5.41) is 10.2. The molecule has 5 saturated carbocycles. The third kappa shape index (κ3) is 2.31. The lowest BCUT2D eigenvalue weighted by Crippen LogP contribution is -2.84. The highest BCUT2D eigenvalue weighted by Crippen LogP contribution is 2.80. The maximum atomic E-state index is 14.4. The zero-order valence-electron chi connectivity index (χ0n) is 22.6. The van der Waals surface area contributed by atoms with E-state index in [1.807, 2.05) is 6.92 Å². The summed E-state index contributed by atoms with van der Waals surface area (Å²) in [5.74, 6) is -0.244. The lowest BCUT2D eigenvalue weighted by atomic mass is 9.29. The first-order valence-corrected chi connectivity index (χ1v) is 14.8. The molecule has 1 N–H and O–H groups in total. The van der Waals surface area contributed by atoms with Crippen LogP contribution < -0.4 is 0 Å². The molecule has 13 unspecified atom stereocenters. The number of aliphatic hydroxyl groups is 1. The summed E-state index contributed by atoms with van der Waals surface area (Å²) in [6.45, 7) is 9.59. The number of ketones is 2. The van der Waals surface area contributed by atoms with Crippen LogP contribution in [0, 0.1) is 57.7 Å². The molecule has 8 bridgehead atoms. The molecule has 37 heavy (non-hydrogen) atoms. The van der Waals surface area contributed by atoms with Gasteiger partial charge in [0.05, 0.1) is 12.5 Å². The third-order valence-electron chi connectivity index (χ3n) is 13.8. The van der Waals surface area contributed by atoms with Gasteiger partial charge >= 0.3 is 5.97 Å². The molecule has 4 aliphatic heterocycles. The number of carbonyl (C=O) groups is 3. The van der Waals surface area contributed by atoms with Gasteiger partial charge in [-0.1, -0.05) is 27.7 Å². The molecule has 0 aromatic rings. The Kier molecular flexibility index (Phi) is 4.26. The second-order valence-corrected chi connectivity index (χ2v) is 15.1. The zero-order chi connectivity index (χ0) is 25.9. The van der Waals surface area contributed by atoms with Crippen LogP contribution in [0.25, 0.3) is 0 Å². The molecule has 0 radical (unpaired) electrons. The number of piperidine rings is 1. The van der Waals surface area contributed by atoms with Crippen molar-refractivity contribution in [1.82, 2.24) is 4.90 Å². The second kappa shape index (κ2) is 6.69. The minimum absolute atomic E-state index is 0.0192. The monoisotopic (exact) mass is 511 g/mol. The first-order valence-electron chi connectivity index (χ1n) is 14.8. The number of Topliss-reactive ketones (excluding diaryl/α,β-unsaturated/α-hetero) is 2. The summed E-state index contributed by atoms with van der Waals surface area (Å²) < 4.78 is 13.5. The Labute approximate surface area is 219 Å². The van der Waals surface area contributed by atoms with E-state index in [0.29, 0.717) is 18.8 Å². The molecule has 0 aromatic heterocycles. The molecule has 9 fully saturated rings. The van der Waals surface area contributed by atoms with Gasteiger partial charge in [-0.3, -0.25) is 14.4 Å². The van der Waals surface area contributed by atoms with E-state index in [2.05, 4.69) is 25.7 Å². The van der Waals surface area contributed by atoms with Gasteiger partial charge in [-0.15, -0.1) is 0 Å². The van der Waals surface area contributed by atoms with Crippen molar-refractivity contribution in [3.8, 4) is 0 Å². The molecule has 4 saturated heterocycles. The molecule has 202 valence electrons. The van der Waals surface area contributed by atoms with E-state index >= 15 is 0 Å². The molecule has 13 atom stereocenters. The van der Waals surface area contributed by atoms with Gasteiger partial charge in [0.15, 0.2) is 5.72 Å². The number of nitrogens with zero attached hydrogens (tertiary/aromatic N) is 1. The molecule has 0 aromatic carbocycles. The van der Waals surface area contributed by atoms with Crippen LogP contribution in [-0.2, 0) is 23.9 Å². The van der Waals surface area contributed by atoms with E-state index in [1.54, 1.807) is 0 Å². The minimum atomic E-state index is -0.828. The zero-order valence-corrected chi connectivity index (χ0v) is 22.6. The van der Waals surface area contributed by atoms with Crippen molar-refractivity contribution in [3.63, 3.8) is 0 Å². The lowest BCUT2D eigenvalue weighted by molar-refractivity contribution is -0.387. The van der Waals surface area contributed by atoms with Crippen LogP contribution in [0.5, 0.6) is 0 Å². The van der Waals surface area contributed by atoms with Crippen LogP contribution in [0.3, 0.4) is 0 Å². The van der Waals surface area contributed by atoms with Crippen LogP contribution in [-0.4, -0.2) is 58.2 Å². The topological polar surface area (TPSA) is 93.1 Å². The van der Waals surface area contributed by atoms with Crippen molar-refractivity contribution in [2.75, 3.05) is 13.2 Å². The molecule has 4 heterocycles. The molecule has 7 heteroatoms. The van der Waals surface area contributed by atoms with Crippen molar-refractivity contribution in [2.24, 2.45) is 57.7 Å². The summed E-state index contributed by atoms with van der Waals surface area (Å²) in [7, 11) is 0. The van der Waals surface area contributed by atoms with E-state index in [9.17, 15) is 19.5 Å². The Morgan fingerprint density at radius 1 is 1.05 bits per heavy atom. The van der Waals surface area contributed by atoms with E-state index < -0.39 is 16.9 Å². The van der Waals surface area contributed by atoms with E-state index in [-0.39, 0.29) is 83.0 Å². The van der Waals surface area contributed by atoms with Crippen LogP contribution in [0.4, 0.5) is 0 Å². The molecule has 9 rings (SSSR count). The lowest BCUT2D eigenvalue weighted by Gasteiger charge is -2.79. The van der Waals surface area contributed by atoms with E-state index in [0.717, 1.165) is 38.6 Å². The Morgan fingerprint density at radius 2 is 1.84 bits per heavy atom. The van der Waals surface area contributed by atoms with Crippen molar-refractivity contribution < 1.29 is 29.0 Å². The van der Waals surface area contributed by atoms with Crippen molar-refractivity contribution in [1.29, 1.82) is 0 Å². The smallest absolute Gasteiger partial charge is 0.308 e. The Balaban J connectivity index is 1.36. The number of hydrogen-bond acceptors (Lipinski definition) is 7. The number of hydrogen-bond donors (Lipinski definition) is 1. The molecule has 5 aliphatic carbocycles.